The number of likely N-dealkylation sites (N-methyl/N-ethyl adjacent to an activating group) is 1. The number of hydrogen-bond acceptors (Lipinski definition) is 5. The van der Waals surface area contributed by atoms with Gasteiger partial charge in [0.05, 0.1) is 6.42 Å². The third kappa shape index (κ3) is 8.77. The number of benzene rings is 1. The largest absolute Gasteiger partial charge is 0.444 e. The number of hydrogen-bond donors (Lipinski definition) is 3. The van der Waals surface area contributed by atoms with Gasteiger partial charge in [-0.3, -0.25) is 14.4 Å². The average Bonchev–Trinajstić information content (AvgIpc) is 2.71. The van der Waals surface area contributed by atoms with Crippen LogP contribution < -0.4 is 16.4 Å². The van der Waals surface area contributed by atoms with Gasteiger partial charge in [0.25, 0.3) is 0 Å². The molecule has 0 heterocycles. The van der Waals surface area contributed by atoms with Crippen LogP contribution in [0.15, 0.2) is 24.3 Å². The van der Waals surface area contributed by atoms with Crippen molar-refractivity contribution in [3.63, 3.8) is 0 Å². The number of ether oxygens (including phenoxy) is 1. The molecule has 3 atom stereocenters. The standard InChI is InChI=1S/C25H36N4O5/c1-8-12-16(3)27-22(31)21(18-14-11-10-13-17(18)9-2)29(7)23(32)19(15-20(26)30)28-24(33)34-25(4,5)6/h2,10-11,13-14,16,19,21H,8,12,15H2,1,3-7H3,(H2,26,30)(H,27,31)(H,28,33). The molecule has 0 radical (unpaired) electrons. The first kappa shape index (κ1) is 28.5. The van der Waals surface area contributed by atoms with Gasteiger partial charge in [-0.05, 0) is 45.7 Å². The number of carbonyl (C=O) groups is 4. The molecular formula is C25H36N4O5. The monoisotopic (exact) mass is 472 g/mol. The van der Waals surface area contributed by atoms with E-state index in [1.54, 1.807) is 45.0 Å². The molecule has 3 unspecified atom stereocenters. The van der Waals surface area contributed by atoms with E-state index in [0.717, 1.165) is 17.7 Å². The molecule has 4 amide bonds. The minimum Gasteiger partial charge on any atom is -0.444 e. The highest BCUT2D eigenvalue weighted by Crippen LogP contribution is 2.25. The normalized spacial score (nSPS) is 13.6. The number of alkyl carbamates (subject to hydrolysis) is 1. The second-order valence-corrected chi connectivity index (χ2v) is 9.15. The van der Waals surface area contributed by atoms with E-state index in [-0.39, 0.29) is 6.04 Å². The molecule has 0 aliphatic heterocycles. The summed E-state index contributed by atoms with van der Waals surface area (Å²) in [4.78, 5) is 51.9. The molecule has 186 valence electrons. The van der Waals surface area contributed by atoms with Crippen molar-refractivity contribution >= 4 is 23.8 Å². The van der Waals surface area contributed by atoms with Crippen molar-refractivity contribution in [1.82, 2.24) is 15.5 Å². The van der Waals surface area contributed by atoms with Gasteiger partial charge in [-0.2, -0.15) is 0 Å². The van der Waals surface area contributed by atoms with Gasteiger partial charge in [-0.15, -0.1) is 6.42 Å². The molecule has 0 spiro atoms. The van der Waals surface area contributed by atoms with Crippen molar-refractivity contribution < 1.29 is 23.9 Å². The summed E-state index contributed by atoms with van der Waals surface area (Å²) < 4.78 is 5.21. The van der Waals surface area contributed by atoms with E-state index in [1.807, 2.05) is 13.8 Å². The van der Waals surface area contributed by atoms with Crippen LogP contribution in [-0.4, -0.2) is 53.4 Å². The van der Waals surface area contributed by atoms with Crippen molar-refractivity contribution in [2.45, 2.75) is 77.6 Å². The molecule has 0 aliphatic rings. The van der Waals surface area contributed by atoms with E-state index in [9.17, 15) is 19.2 Å². The SMILES string of the molecule is C#Cc1ccccc1C(C(=O)NC(C)CCC)N(C)C(=O)C(CC(N)=O)NC(=O)OC(C)(C)C. The summed E-state index contributed by atoms with van der Waals surface area (Å²) in [7, 11) is 1.41. The molecule has 0 bridgehead atoms. The zero-order chi connectivity index (χ0) is 26.1. The lowest BCUT2D eigenvalue weighted by Gasteiger charge is -2.32. The van der Waals surface area contributed by atoms with E-state index < -0.39 is 47.9 Å². The maximum atomic E-state index is 13.4. The average molecular weight is 473 g/mol. The van der Waals surface area contributed by atoms with Crippen LogP contribution in [0.25, 0.3) is 0 Å². The lowest BCUT2D eigenvalue weighted by molar-refractivity contribution is -0.142. The number of nitrogens with one attached hydrogen (secondary N) is 2. The Labute approximate surface area is 201 Å². The summed E-state index contributed by atoms with van der Waals surface area (Å²) in [5, 5.41) is 5.31. The van der Waals surface area contributed by atoms with Crippen LogP contribution in [0.2, 0.25) is 0 Å². The third-order valence-corrected chi connectivity index (χ3v) is 4.90. The number of nitrogens with zero attached hydrogens (tertiary/aromatic N) is 1. The predicted octanol–water partition coefficient (Wildman–Crippen LogP) is 2.24. The quantitative estimate of drug-likeness (QED) is 0.450. The highest BCUT2D eigenvalue weighted by atomic mass is 16.6. The van der Waals surface area contributed by atoms with Crippen molar-refractivity contribution in [3.8, 4) is 12.3 Å². The van der Waals surface area contributed by atoms with Gasteiger partial charge in [-0.25, -0.2) is 4.79 Å². The topological polar surface area (TPSA) is 131 Å². The van der Waals surface area contributed by atoms with Crippen LogP contribution in [0.5, 0.6) is 0 Å². The summed E-state index contributed by atoms with van der Waals surface area (Å²) in [6.07, 6.45) is 5.90. The number of rotatable bonds is 10. The Kier molecular flexibility index (Phi) is 10.6. The van der Waals surface area contributed by atoms with Gasteiger partial charge >= 0.3 is 6.09 Å². The zero-order valence-corrected chi connectivity index (χ0v) is 20.8. The summed E-state index contributed by atoms with van der Waals surface area (Å²) in [6, 6.07) is 4.21. The first-order valence-corrected chi connectivity index (χ1v) is 11.2. The van der Waals surface area contributed by atoms with Gasteiger partial charge in [0, 0.05) is 18.7 Å². The van der Waals surface area contributed by atoms with Crippen LogP contribution >= 0.6 is 0 Å². The van der Waals surface area contributed by atoms with Crippen molar-refractivity contribution in [2.75, 3.05) is 7.05 Å². The van der Waals surface area contributed by atoms with Gasteiger partial charge in [0.1, 0.15) is 17.7 Å². The van der Waals surface area contributed by atoms with Crippen LogP contribution in [0.1, 0.15) is 71.0 Å². The molecule has 4 N–H and O–H groups in total. The number of terminal acetylenes is 1. The molecule has 1 aromatic carbocycles. The van der Waals surface area contributed by atoms with E-state index in [2.05, 4.69) is 16.6 Å². The van der Waals surface area contributed by atoms with Crippen molar-refractivity contribution in [1.29, 1.82) is 0 Å². The van der Waals surface area contributed by atoms with Crippen molar-refractivity contribution in [2.24, 2.45) is 5.73 Å². The van der Waals surface area contributed by atoms with Crippen LogP contribution in [0.4, 0.5) is 4.79 Å². The fourth-order valence-electron chi connectivity index (χ4n) is 3.44. The Hall–Kier alpha value is -3.54. The number of primary amides is 1. The number of nitrogens with two attached hydrogens (primary N) is 1. The molecule has 1 aromatic rings. The van der Waals surface area contributed by atoms with Gasteiger partial charge < -0.3 is 26.0 Å². The molecular weight excluding hydrogens is 436 g/mol. The lowest BCUT2D eigenvalue weighted by Crippen LogP contribution is -2.53. The maximum Gasteiger partial charge on any atom is 0.408 e. The van der Waals surface area contributed by atoms with Gasteiger partial charge in [-0.1, -0.05) is 37.5 Å². The van der Waals surface area contributed by atoms with Crippen molar-refractivity contribution in [3.05, 3.63) is 35.4 Å². The Morgan fingerprint density at radius 2 is 1.79 bits per heavy atom. The van der Waals surface area contributed by atoms with Crippen LogP contribution in [0, 0.1) is 12.3 Å². The Balaban J connectivity index is 3.36. The smallest absolute Gasteiger partial charge is 0.408 e. The third-order valence-electron chi connectivity index (χ3n) is 4.90. The molecule has 9 heteroatoms. The van der Waals surface area contributed by atoms with E-state index in [4.69, 9.17) is 16.9 Å². The highest BCUT2D eigenvalue weighted by molar-refractivity contribution is 5.94. The first-order valence-electron chi connectivity index (χ1n) is 11.2. The highest BCUT2D eigenvalue weighted by Gasteiger charge is 2.36. The molecule has 0 aromatic heterocycles. The maximum absolute atomic E-state index is 13.4. The fraction of sp³-hybridized carbons (Fsp3) is 0.520. The van der Waals surface area contributed by atoms with Gasteiger partial charge in [0.2, 0.25) is 17.7 Å². The minimum absolute atomic E-state index is 0.136. The summed E-state index contributed by atoms with van der Waals surface area (Å²) in [6.45, 7) is 8.86. The second kappa shape index (κ2) is 12.6. The molecule has 34 heavy (non-hydrogen) atoms. The summed E-state index contributed by atoms with van der Waals surface area (Å²) in [5.74, 6) is 0.609. The Morgan fingerprint density at radius 3 is 2.32 bits per heavy atom. The lowest BCUT2D eigenvalue weighted by atomic mass is 9.97. The van der Waals surface area contributed by atoms with E-state index in [1.165, 1.54) is 7.05 Å². The molecule has 0 saturated carbocycles. The molecule has 0 fully saturated rings. The Morgan fingerprint density at radius 1 is 1.18 bits per heavy atom. The van der Waals surface area contributed by atoms with Crippen LogP contribution in [-0.2, 0) is 19.1 Å². The minimum atomic E-state index is -1.33. The number of amides is 4. The summed E-state index contributed by atoms with van der Waals surface area (Å²) >= 11 is 0. The summed E-state index contributed by atoms with van der Waals surface area (Å²) in [5.41, 5.74) is 5.38. The zero-order valence-electron chi connectivity index (χ0n) is 20.8. The number of carbonyl (C=O) groups excluding carboxylic acids is 4. The van der Waals surface area contributed by atoms with Crippen LogP contribution in [0.3, 0.4) is 0 Å². The predicted molar refractivity (Wildman–Crippen MR) is 129 cm³/mol. The molecule has 0 aliphatic carbocycles. The molecule has 9 nitrogen and oxygen atoms in total. The first-order chi connectivity index (χ1) is 15.8. The van der Waals surface area contributed by atoms with E-state index >= 15 is 0 Å². The molecule has 1 rings (SSSR count). The molecule has 0 saturated heterocycles. The fourth-order valence-corrected chi connectivity index (χ4v) is 3.44. The van der Waals surface area contributed by atoms with E-state index in [0.29, 0.717) is 11.1 Å². The van der Waals surface area contributed by atoms with Gasteiger partial charge in [0.15, 0.2) is 0 Å². The Bertz CT molecular complexity index is 932. The second-order valence-electron chi connectivity index (χ2n) is 9.15.